The van der Waals surface area contributed by atoms with Gasteiger partial charge in [0, 0.05) is 5.54 Å². The minimum Gasteiger partial charge on any atom is -0.350 e. The molecule has 7 nitrogen and oxygen atoms in total. The van der Waals surface area contributed by atoms with Crippen molar-refractivity contribution < 1.29 is 27.6 Å². The molecule has 152 valence electrons. The van der Waals surface area contributed by atoms with Crippen LogP contribution in [0.3, 0.4) is 0 Å². The fraction of sp³-hybridized carbons (Fsp3) is 0.765. The van der Waals surface area contributed by atoms with Crippen molar-refractivity contribution in [2.24, 2.45) is 5.92 Å². The summed E-state index contributed by atoms with van der Waals surface area (Å²) >= 11 is 0. The zero-order chi connectivity index (χ0) is 20.8. The third kappa shape index (κ3) is 7.07. The molecule has 10 heteroatoms. The molecule has 1 rings (SSSR count). The van der Waals surface area contributed by atoms with Crippen LogP contribution < -0.4 is 10.7 Å². The highest BCUT2D eigenvalue weighted by molar-refractivity contribution is 5.92. The van der Waals surface area contributed by atoms with Crippen LogP contribution in [-0.4, -0.2) is 40.5 Å². The molecule has 0 aliphatic heterocycles. The van der Waals surface area contributed by atoms with Gasteiger partial charge in [0.1, 0.15) is 12.5 Å². The van der Waals surface area contributed by atoms with Gasteiger partial charge < -0.3 is 5.32 Å². The fourth-order valence-electron chi connectivity index (χ4n) is 3.06. The number of amides is 3. The van der Waals surface area contributed by atoms with Gasteiger partial charge in [-0.25, -0.2) is 5.01 Å². The molecule has 0 aromatic heterocycles. The fourth-order valence-corrected chi connectivity index (χ4v) is 3.06. The zero-order valence-corrected chi connectivity index (χ0v) is 15.7. The third-order valence-corrected chi connectivity index (χ3v) is 4.09. The summed E-state index contributed by atoms with van der Waals surface area (Å²) in [6.45, 7) is 4.98. The van der Waals surface area contributed by atoms with Gasteiger partial charge in [0.15, 0.2) is 0 Å². The van der Waals surface area contributed by atoms with E-state index in [1.165, 1.54) is 6.07 Å². The largest absolute Gasteiger partial charge is 0.473 e. The summed E-state index contributed by atoms with van der Waals surface area (Å²) in [4.78, 5) is 36.5. The number of nitrogens with one attached hydrogen (secondary N) is 2. The van der Waals surface area contributed by atoms with Crippen LogP contribution >= 0.6 is 0 Å². The number of nitrogens with zero attached hydrogens (tertiary/aromatic N) is 2. The Hall–Kier alpha value is -2.31. The van der Waals surface area contributed by atoms with Gasteiger partial charge in [-0.3, -0.25) is 19.8 Å². The molecule has 0 bridgehead atoms. The third-order valence-electron chi connectivity index (χ3n) is 4.09. The van der Waals surface area contributed by atoms with Gasteiger partial charge >= 0.3 is 12.1 Å². The van der Waals surface area contributed by atoms with Crippen LogP contribution in [0.1, 0.15) is 59.3 Å². The van der Waals surface area contributed by atoms with Gasteiger partial charge in [-0.15, -0.1) is 0 Å². The predicted octanol–water partition coefficient (Wildman–Crippen LogP) is 2.19. The second-order valence-corrected chi connectivity index (χ2v) is 7.62. The van der Waals surface area contributed by atoms with Crippen LogP contribution in [0.15, 0.2) is 0 Å². The SMILES string of the molecule is CC(C)(C)NC(=O)C(C1CCCCC1)N(NC(=O)CC#N)C(=O)C(F)(F)F. The molecule has 2 N–H and O–H groups in total. The maximum absolute atomic E-state index is 13.1. The summed E-state index contributed by atoms with van der Waals surface area (Å²) in [5.41, 5.74) is 1.09. The molecule has 3 amide bonds. The van der Waals surface area contributed by atoms with Crippen molar-refractivity contribution >= 4 is 17.7 Å². The molecule has 1 fully saturated rings. The molecular formula is C17H25F3N4O3. The molecule has 0 radical (unpaired) electrons. The highest BCUT2D eigenvalue weighted by Gasteiger charge is 2.49. The molecule has 1 saturated carbocycles. The molecule has 0 aromatic rings. The van der Waals surface area contributed by atoms with Gasteiger partial charge in [-0.05, 0) is 39.5 Å². The smallest absolute Gasteiger partial charge is 0.350 e. The number of carbonyl (C=O) groups is 3. The summed E-state index contributed by atoms with van der Waals surface area (Å²) in [5.74, 6) is -4.73. The zero-order valence-electron chi connectivity index (χ0n) is 15.7. The lowest BCUT2D eigenvalue weighted by Gasteiger charge is -2.38. The first kappa shape index (κ1) is 22.7. The lowest BCUT2D eigenvalue weighted by molar-refractivity contribution is -0.194. The van der Waals surface area contributed by atoms with Crippen LogP contribution in [0.25, 0.3) is 0 Å². The van der Waals surface area contributed by atoms with Crippen LogP contribution in [0, 0.1) is 17.2 Å². The molecule has 0 heterocycles. The molecule has 1 aliphatic carbocycles. The monoisotopic (exact) mass is 390 g/mol. The average molecular weight is 390 g/mol. The molecule has 1 aliphatic rings. The van der Waals surface area contributed by atoms with Gasteiger partial charge in [-0.1, -0.05) is 19.3 Å². The van der Waals surface area contributed by atoms with Crippen molar-refractivity contribution in [1.29, 1.82) is 5.26 Å². The quantitative estimate of drug-likeness (QED) is 0.718. The average Bonchev–Trinajstić information content (AvgIpc) is 2.52. The van der Waals surface area contributed by atoms with E-state index < -0.39 is 47.8 Å². The minimum absolute atomic E-state index is 0.0662. The van der Waals surface area contributed by atoms with Gasteiger partial charge in [-0.2, -0.15) is 18.4 Å². The van der Waals surface area contributed by atoms with Crippen LogP contribution in [0.4, 0.5) is 13.2 Å². The second-order valence-electron chi connectivity index (χ2n) is 7.62. The van der Waals surface area contributed by atoms with E-state index in [2.05, 4.69) is 5.32 Å². The van der Waals surface area contributed by atoms with E-state index in [0.29, 0.717) is 25.7 Å². The number of carbonyl (C=O) groups excluding carboxylic acids is 3. The number of hydrogen-bond acceptors (Lipinski definition) is 4. The van der Waals surface area contributed by atoms with Crippen molar-refractivity contribution in [1.82, 2.24) is 15.8 Å². The second kappa shape index (κ2) is 9.06. The lowest BCUT2D eigenvalue weighted by atomic mass is 9.82. The maximum atomic E-state index is 13.1. The molecule has 1 unspecified atom stereocenters. The minimum atomic E-state index is -5.28. The van der Waals surface area contributed by atoms with E-state index in [-0.39, 0.29) is 5.01 Å². The number of rotatable bonds is 4. The summed E-state index contributed by atoms with van der Waals surface area (Å²) in [6.07, 6.45) is -2.79. The van der Waals surface area contributed by atoms with E-state index >= 15 is 0 Å². The predicted molar refractivity (Wildman–Crippen MR) is 89.5 cm³/mol. The normalized spacial score (nSPS) is 16.8. The van der Waals surface area contributed by atoms with Gasteiger partial charge in [0.25, 0.3) is 5.91 Å². The van der Waals surface area contributed by atoms with Crippen LogP contribution in [-0.2, 0) is 14.4 Å². The molecule has 0 aromatic carbocycles. The summed E-state index contributed by atoms with van der Waals surface area (Å²) in [7, 11) is 0. The van der Waals surface area contributed by atoms with Crippen molar-refractivity contribution in [2.75, 3.05) is 0 Å². The van der Waals surface area contributed by atoms with Crippen molar-refractivity contribution in [3.8, 4) is 6.07 Å². The van der Waals surface area contributed by atoms with Gasteiger partial charge in [0.05, 0.1) is 6.07 Å². The Labute approximate surface area is 156 Å². The first-order chi connectivity index (χ1) is 12.4. The number of hydrogen-bond donors (Lipinski definition) is 2. The van der Waals surface area contributed by atoms with E-state index in [0.717, 1.165) is 6.42 Å². The Morgan fingerprint density at radius 3 is 2.15 bits per heavy atom. The highest BCUT2D eigenvalue weighted by Crippen LogP contribution is 2.31. The summed E-state index contributed by atoms with van der Waals surface area (Å²) in [6, 6.07) is -0.00806. The van der Waals surface area contributed by atoms with Crippen LogP contribution in [0.5, 0.6) is 0 Å². The van der Waals surface area contributed by atoms with Crippen LogP contribution in [0.2, 0.25) is 0 Å². The molecular weight excluding hydrogens is 365 g/mol. The molecule has 1 atom stereocenters. The van der Waals surface area contributed by atoms with Crippen molar-refractivity contribution in [3.05, 3.63) is 0 Å². The Balaban J connectivity index is 3.29. The molecule has 0 saturated heterocycles. The Morgan fingerprint density at radius 2 is 1.70 bits per heavy atom. The first-order valence-corrected chi connectivity index (χ1v) is 8.75. The number of nitriles is 1. The number of alkyl halides is 3. The lowest BCUT2D eigenvalue weighted by Crippen LogP contribution is -2.64. The highest BCUT2D eigenvalue weighted by atomic mass is 19.4. The summed E-state index contributed by atoms with van der Waals surface area (Å²) in [5, 5.41) is 11.2. The standard InChI is InChI=1S/C17H25F3N4O3/c1-16(2,3)22-14(26)13(11-7-5-4-6-8-11)24(15(27)17(18,19)20)23-12(25)9-10-21/h11,13H,4-9H2,1-3H3,(H,22,26)(H,23,25). The van der Waals surface area contributed by atoms with Crippen molar-refractivity contribution in [3.63, 3.8) is 0 Å². The maximum Gasteiger partial charge on any atom is 0.473 e. The Morgan fingerprint density at radius 1 is 1.15 bits per heavy atom. The first-order valence-electron chi connectivity index (χ1n) is 8.75. The van der Waals surface area contributed by atoms with E-state index in [9.17, 15) is 27.6 Å². The van der Waals surface area contributed by atoms with Crippen molar-refractivity contribution in [2.45, 2.75) is 77.1 Å². The van der Waals surface area contributed by atoms with Gasteiger partial charge in [0.2, 0.25) is 5.91 Å². The summed E-state index contributed by atoms with van der Waals surface area (Å²) < 4.78 is 39.4. The number of hydrazine groups is 1. The topological polar surface area (TPSA) is 102 Å². The number of halogens is 3. The van der Waals surface area contributed by atoms with E-state index in [1.807, 2.05) is 5.43 Å². The molecule has 27 heavy (non-hydrogen) atoms. The van der Waals surface area contributed by atoms with E-state index in [1.54, 1.807) is 20.8 Å². The Bertz CT molecular complexity index is 602. The molecule has 0 spiro atoms. The van der Waals surface area contributed by atoms with E-state index in [4.69, 9.17) is 5.26 Å². The Kier molecular flexibility index (Phi) is 7.63.